The highest BCUT2D eigenvalue weighted by molar-refractivity contribution is 7.98. The number of aryl methyl sites for hydroxylation is 2. The highest BCUT2D eigenvalue weighted by atomic mass is 32.2. The van der Waals surface area contributed by atoms with Crippen LogP contribution in [0.2, 0.25) is 0 Å². The molecule has 3 aromatic rings. The summed E-state index contributed by atoms with van der Waals surface area (Å²) in [6.07, 6.45) is 4.38. The summed E-state index contributed by atoms with van der Waals surface area (Å²) in [5.74, 6) is 0.372. The molecule has 1 aliphatic rings. The molecule has 140 valence electrons. The number of pyridine rings is 1. The zero-order chi connectivity index (χ0) is 19.1. The van der Waals surface area contributed by atoms with Crippen molar-refractivity contribution in [2.75, 3.05) is 11.6 Å². The van der Waals surface area contributed by atoms with E-state index in [9.17, 15) is 4.79 Å². The van der Waals surface area contributed by atoms with E-state index in [1.807, 2.05) is 32.2 Å². The Morgan fingerprint density at radius 2 is 2.11 bits per heavy atom. The molecular weight excluding hydrogens is 356 g/mol. The first-order valence-corrected chi connectivity index (χ1v) is 10.5. The van der Waals surface area contributed by atoms with Crippen molar-refractivity contribution in [1.29, 1.82) is 0 Å². The Bertz CT molecular complexity index is 1020. The first kappa shape index (κ1) is 18.0. The molecule has 1 unspecified atom stereocenters. The Morgan fingerprint density at radius 3 is 2.81 bits per heavy atom. The van der Waals surface area contributed by atoms with E-state index in [1.165, 1.54) is 5.56 Å². The van der Waals surface area contributed by atoms with Crippen molar-refractivity contribution in [2.45, 2.75) is 37.9 Å². The molecule has 1 N–H and O–H groups in total. The summed E-state index contributed by atoms with van der Waals surface area (Å²) in [6, 6.07) is 10.0. The minimum absolute atomic E-state index is 0.102. The summed E-state index contributed by atoms with van der Waals surface area (Å²) in [5.41, 5.74) is 5.30. The van der Waals surface area contributed by atoms with Gasteiger partial charge in [-0.25, -0.2) is 4.98 Å². The van der Waals surface area contributed by atoms with E-state index in [2.05, 4.69) is 35.7 Å². The van der Waals surface area contributed by atoms with Crippen LogP contribution in [0.5, 0.6) is 0 Å². The predicted octanol–water partition coefficient (Wildman–Crippen LogP) is 4.83. The molecule has 1 amide bonds. The summed E-state index contributed by atoms with van der Waals surface area (Å²) in [6.45, 7) is 4.09. The van der Waals surface area contributed by atoms with Crippen LogP contribution in [-0.4, -0.2) is 26.9 Å². The third kappa shape index (κ3) is 3.46. The summed E-state index contributed by atoms with van der Waals surface area (Å²) in [5, 5.41) is 8.79. The van der Waals surface area contributed by atoms with Crippen LogP contribution in [0, 0.1) is 6.92 Å². The van der Waals surface area contributed by atoms with Crippen LogP contribution in [0.3, 0.4) is 0 Å². The van der Waals surface area contributed by atoms with Crippen LogP contribution in [0.1, 0.15) is 58.2 Å². The van der Waals surface area contributed by atoms with Crippen molar-refractivity contribution in [1.82, 2.24) is 14.8 Å². The molecule has 2 aromatic heterocycles. The maximum atomic E-state index is 13.2. The van der Waals surface area contributed by atoms with Crippen molar-refractivity contribution in [3.63, 3.8) is 0 Å². The maximum Gasteiger partial charge on any atom is 0.256 e. The van der Waals surface area contributed by atoms with Gasteiger partial charge >= 0.3 is 0 Å². The number of aromatic nitrogens is 3. The highest BCUT2D eigenvalue weighted by Gasteiger charge is 2.28. The van der Waals surface area contributed by atoms with E-state index in [4.69, 9.17) is 4.98 Å². The first-order valence-electron chi connectivity index (χ1n) is 9.26. The van der Waals surface area contributed by atoms with E-state index < -0.39 is 0 Å². The summed E-state index contributed by atoms with van der Waals surface area (Å²) in [4.78, 5) is 17.9. The number of carbonyl (C=O) groups is 1. The number of hydrogen-bond donors (Lipinski definition) is 1. The Morgan fingerprint density at radius 1 is 1.33 bits per heavy atom. The monoisotopic (exact) mass is 380 g/mol. The van der Waals surface area contributed by atoms with Crippen LogP contribution in [0.15, 0.2) is 30.3 Å². The van der Waals surface area contributed by atoms with E-state index in [-0.39, 0.29) is 5.91 Å². The zero-order valence-corrected chi connectivity index (χ0v) is 16.9. The summed E-state index contributed by atoms with van der Waals surface area (Å²) >= 11 is 1.79. The molecule has 0 saturated heterocycles. The number of nitrogens with zero attached hydrogens (tertiary/aromatic N) is 3. The number of anilines is 1. The fraction of sp³-hybridized carbons (Fsp3) is 0.381. The van der Waals surface area contributed by atoms with Crippen LogP contribution in [0.4, 0.5) is 5.69 Å². The summed E-state index contributed by atoms with van der Waals surface area (Å²) in [7, 11) is 1.88. The van der Waals surface area contributed by atoms with Crippen LogP contribution >= 0.6 is 11.8 Å². The molecule has 2 heterocycles. The minimum atomic E-state index is -0.102. The van der Waals surface area contributed by atoms with Gasteiger partial charge in [-0.1, -0.05) is 12.1 Å². The van der Waals surface area contributed by atoms with Gasteiger partial charge in [-0.05, 0) is 56.7 Å². The second-order valence-corrected chi connectivity index (χ2v) is 8.41. The topological polar surface area (TPSA) is 59.8 Å². The normalized spacial score (nSPS) is 15.1. The van der Waals surface area contributed by atoms with Crippen LogP contribution < -0.4 is 5.32 Å². The second kappa shape index (κ2) is 7.00. The third-order valence-corrected chi connectivity index (χ3v) is 6.18. The van der Waals surface area contributed by atoms with Crippen molar-refractivity contribution < 1.29 is 4.79 Å². The molecule has 0 radical (unpaired) electrons. The molecule has 0 bridgehead atoms. The van der Waals surface area contributed by atoms with Gasteiger partial charge in [0.25, 0.3) is 5.91 Å². The molecule has 1 saturated carbocycles. The molecule has 0 aliphatic heterocycles. The van der Waals surface area contributed by atoms with Crippen molar-refractivity contribution in [3.05, 3.63) is 52.8 Å². The number of benzene rings is 1. The van der Waals surface area contributed by atoms with Gasteiger partial charge in [-0.15, -0.1) is 0 Å². The molecule has 1 aliphatic carbocycles. The number of rotatable bonds is 5. The minimum Gasteiger partial charge on any atom is -0.322 e. The Labute approximate surface area is 163 Å². The molecular formula is C21H24N4OS. The molecule has 27 heavy (non-hydrogen) atoms. The lowest BCUT2D eigenvalue weighted by Gasteiger charge is -2.12. The quantitative estimate of drug-likeness (QED) is 0.689. The van der Waals surface area contributed by atoms with Gasteiger partial charge in [0.2, 0.25) is 0 Å². The fourth-order valence-corrected chi connectivity index (χ4v) is 3.85. The van der Waals surface area contributed by atoms with Crippen LogP contribution in [0.25, 0.3) is 11.0 Å². The van der Waals surface area contributed by atoms with Gasteiger partial charge in [0.1, 0.15) is 0 Å². The first-order chi connectivity index (χ1) is 13.0. The summed E-state index contributed by atoms with van der Waals surface area (Å²) < 4.78 is 1.77. The smallest absolute Gasteiger partial charge is 0.256 e. The van der Waals surface area contributed by atoms with E-state index in [0.717, 1.165) is 41.0 Å². The standard InChI is InChI=1S/C21H24N4OS/c1-12-19-17(11-18(14-8-9-14)23-20(19)25(3)24-12)21(26)22-16-7-5-6-15(10-16)13(2)27-4/h5-7,10-11,13-14H,8-9H2,1-4H3,(H,22,26). The molecule has 5 nitrogen and oxygen atoms in total. The van der Waals surface area contributed by atoms with E-state index >= 15 is 0 Å². The van der Waals surface area contributed by atoms with Crippen molar-refractivity contribution in [2.24, 2.45) is 7.05 Å². The second-order valence-electron chi connectivity index (χ2n) is 7.23. The lowest BCUT2D eigenvalue weighted by molar-refractivity contribution is 0.102. The van der Waals surface area contributed by atoms with Crippen LogP contribution in [-0.2, 0) is 7.05 Å². The molecule has 0 spiro atoms. The Balaban J connectivity index is 1.72. The number of fused-ring (bicyclic) bond motifs is 1. The van der Waals surface area contributed by atoms with Crippen molar-refractivity contribution in [3.8, 4) is 0 Å². The number of carbonyl (C=O) groups excluding carboxylic acids is 1. The number of amides is 1. The van der Waals surface area contributed by atoms with Gasteiger partial charge in [0.05, 0.1) is 16.6 Å². The lowest BCUT2D eigenvalue weighted by atomic mass is 10.1. The molecule has 6 heteroatoms. The highest BCUT2D eigenvalue weighted by Crippen LogP contribution is 2.40. The van der Waals surface area contributed by atoms with E-state index in [0.29, 0.717) is 16.7 Å². The van der Waals surface area contributed by atoms with Crippen molar-refractivity contribution >= 4 is 34.4 Å². The average molecular weight is 381 g/mol. The lowest BCUT2D eigenvalue weighted by Crippen LogP contribution is -2.14. The van der Waals surface area contributed by atoms with Gasteiger partial charge in [-0.3, -0.25) is 9.48 Å². The third-order valence-electron chi connectivity index (χ3n) is 5.20. The molecule has 1 atom stereocenters. The number of hydrogen-bond acceptors (Lipinski definition) is 4. The van der Waals surface area contributed by atoms with Gasteiger partial charge in [-0.2, -0.15) is 16.9 Å². The predicted molar refractivity (Wildman–Crippen MR) is 112 cm³/mol. The van der Waals surface area contributed by atoms with Gasteiger partial charge < -0.3 is 5.32 Å². The SMILES string of the molecule is CSC(C)c1cccc(NC(=O)c2cc(C3CC3)nc3c2c(C)nn3C)c1. The Kier molecular flexibility index (Phi) is 4.68. The number of thioether (sulfide) groups is 1. The van der Waals surface area contributed by atoms with E-state index in [1.54, 1.807) is 16.4 Å². The Hall–Kier alpha value is -2.34. The molecule has 1 aromatic carbocycles. The fourth-order valence-electron chi connectivity index (χ4n) is 3.44. The van der Waals surface area contributed by atoms with Gasteiger partial charge in [0.15, 0.2) is 5.65 Å². The largest absolute Gasteiger partial charge is 0.322 e. The molecule has 1 fully saturated rings. The number of nitrogens with one attached hydrogen (secondary N) is 1. The van der Waals surface area contributed by atoms with Gasteiger partial charge in [0, 0.05) is 29.6 Å². The zero-order valence-electron chi connectivity index (χ0n) is 16.1. The average Bonchev–Trinajstić information content (AvgIpc) is 3.47. The molecule has 4 rings (SSSR count). The maximum absolute atomic E-state index is 13.2.